The largest absolute Gasteiger partial charge is 0.378 e. The van der Waals surface area contributed by atoms with Gasteiger partial charge in [0, 0.05) is 51.4 Å². The number of morpholine rings is 1. The Morgan fingerprint density at radius 1 is 1.11 bits per heavy atom. The maximum absolute atomic E-state index is 12.9. The second kappa shape index (κ2) is 7.47. The first-order valence-electron chi connectivity index (χ1n) is 8.96. The van der Waals surface area contributed by atoms with Crippen LogP contribution in [-0.2, 0) is 14.8 Å². The van der Waals surface area contributed by atoms with Crippen LogP contribution in [0.15, 0.2) is 12.1 Å². The van der Waals surface area contributed by atoms with E-state index in [0.29, 0.717) is 50.2 Å². The van der Waals surface area contributed by atoms with Crippen molar-refractivity contribution in [3.05, 3.63) is 23.0 Å². The number of hydrogen-bond donors (Lipinski definition) is 0. The molecule has 1 amide bonds. The van der Waals surface area contributed by atoms with Crippen molar-refractivity contribution in [1.29, 1.82) is 0 Å². The van der Waals surface area contributed by atoms with Gasteiger partial charge in [0.15, 0.2) is 11.3 Å². The van der Waals surface area contributed by atoms with Gasteiger partial charge in [0.25, 0.3) is 5.91 Å². The summed E-state index contributed by atoms with van der Waals surface area (Å²) in [5.74, 6) is 0.516. The summed E-state index contributed by atoms with van der Waals surface area (Å²) in [6, 6.07) is 3.34. The van der Waals surface area contributed by atoms with Gasteiger partial charge < -0.3 is 14.5 Å². The van der Waals surface area contributed by atoms with Gasteiger partial charge in [-0.2, -0.15) is 13.9 Å². The third-order valence-corrected chi connectivity index (χ3v) is 6.42. The molecule has 0 radical (unpaired) electrons. The predicted octanol–water partition coefficient (Wildman–Crippen LogP) is -0.0633. The smallest absolute Gasteiger partial charge is 0.274 e. The minimum Gasteiger partial charge on any atom is -0.378 e. The van der Waals surface area contributed by atoms with Crippen LogP contribution in [0.2, 0.25) is 5.15 Å². The Balaban J connectivity index is 1.58. The molecule has 0 aromatic carbocycles. The van der Waals surface area contributed by atoms with Gasteiger partial charge in [0.1, 0.15) is 11.0 Å². The number of piperazine rings is 1. The lowest BCUT2D eigenvalue weighted by atomic mass is 10.3. The molecule has 2 aromatic heterocycles. The lowest BCUT2D eigenvalue weighted by molar-refractivity contribution is 0.0692. The van der Waals surface area contributed by atoms with Crippen LogP contribution in [0.5, 0.6) is 0 Å². The molecule has 0 saturated carbocycles. The number of ether oxygens (including phenoxy) is 1. The van der Waals surface area contributed by atoms with Crippen molar-refractivity contribution in [3.63, 3.8) is 0 Å². The Morgan fingerprint density at radius 2 is 1.79 bits per heavy atom. The first kappa shape index (κ1) is 19.4. The number of carbonyl (C=O) groups is 1. The number of fused-ring (bicyclic) bond motifs is 1. The molecule has 4 rings (SSSR count). The van der Waals surface area contributed by atoms with E-state index in [1.165, 1.54) is 10.6 Å². The van der Waals surface area contributed by atoms with Crippen molar-refractivity contribution in [2.45, 2.75) is 0 Å². The molecular weight excluding hydrogens is 408 g/mol. The normalized spacial score (nSPS) is 19.4. The predicted molar refractivity (Wildman–Crippen MR) is 103 cm³/mol. The lowest BCUT2D eigenvalue weighted by Gasteiger charge is -2.32. The Kier molecular flexibility index (Phi) is 5.17. The number of carbonyl (C=O) groups excluding carboxylic acids is 1. The average Bonchev–Trinajstić information content (AvgIpc) is 3.10. The number of amides is 1. The number of nitrogens with zero attached hydrogens (tertiary/aromatic N) is 6. The second-order valence-electron chi connectivity index (χ2n) is 6.79. The zero-order chi connectivity index (χ0) is 19.9. The van der Waals surface area contributed by atoms with Crippen molar-refractivity contribution < 1.29 is 17.9 Å². The summed E-state index contributed by atoms with van der Waals surface area (Å²) in [5, 5.41) is 4.79. The fraction of sp³-hybridized carbons (Fsp3) is 0.562. The van der Waals surface area contributed by atoms with E-state index in [1.807, 2.05) is 0 Å². The molecule has 10 nitrogen and oxygen atoms in total. The molecule has 2 aliphatic rings. The van der Waals surface area contributed by atoms with Crippen LogP contribution in [0.4, 0.5) is 5.82 Å². The van der Waals surface area contributed by atoms with Gasteiger partial charge in [-0.25, -0.2) is 13.4 Å². The number of aromatic nitrogens is 3. The van der Waals surface area contributed by atoms with E-state index in [1.54, 1.807) is 21.5 Å². The number of hydrogen-bond acceptors (Lipinski definition) is 7. The van der Waals surface area contributed by atoms with Crippen LogP contribution in [0, 0.1) is 0 Å². The maximum Gasteiger partial charge on any atom is 0.274 e. The third-order valence-electron chi connectivity index (χ3n) is 4.93. The Bertz CT molecular complexity index is 996. The quantitative estimate of drug-likeness (QED) is 0.631. The summed E-state index contributed by atoms with van der Waals surface area (Å²) in [4.78, 5) is 20.9. The molecule has 0 spiro atoms. The SMILES string of the molecule is CS(=O)(=O)N1CCN(C(=O)c2cc3nc(Cl)cc(N4CCOCC4)n3n2)CC1. The molecule has 152 valence electrons. The monoisotopic (exact) mass is 428 g/mol. The third kappa shape index (κ3) is 3.79. The molecule has 2 aromatic rings. The fourth-order valence-electron chi connectivity index (χ4n) is 3.44. The standard InChI is InChI=1S/C16H21ClN6O4S/c1-28(25,26)22-4-2-21(3-5-22)16(24)12-10-14-18-13(17)11-15(23(14)19-12)20-6-8-27-9-7-20/h10-11H,2-9H2,1H3. The van der Waals surface area contributed by atoms with Crippen molar-refractivity contribution in [2.75, 3.05) is 63.6 Å². The van der Waals surface area contributed by atoms with Crippen molar-refractivity contribution in [2.24, 2.45) is 0 Å². The lowest BCUT2D eigenvalue weighted by Crippen LogP contribution is -2.50. The molecule has 4 heterocycles. The highest BCUT2D eigenvalue weighted by Gasteiger charge is 2.28. The Morgan fingerprint density at radius 3 is 2.43 bits per heavy atom. The van der Waals surface area contributed by atoms with E-state index >= 15 is 0 Å². The molecule has 12 heteroatoms. The molecule has 0 aliphatic carbocycles. The van der Waals surface area contributed by atoms with Crippen molar-refractivity contribution in [1.82, 2.24) is 23.8 Å². The van der Waals surface area contributed by atoms with E-state index in [9.17, 15) is 13.2 Å². The van der Waals surface area contributed by atoms with E-state index in [2.05, 4.69) is 15.0 Å². The van der Waals surface area contributed by atoms with Crippen LogP contribution < -0.4 is 4.90 Å². The summed E-state index contributed by atoms with van der Waals surface area (Å²) in [6.45, 7) is 3.83. The first-order chi connectivity index (χ1) is 13.3. The van der Waals surface area contributed by atoms with Gasteiger partial charge in [-0.15, -0.1) is 0 Å². The molecule has 2 fully saturated rings. The van der Waals surface area contributed by atoms with Gasteiger partial charge in [0.2, 0.25) is 10.0 Å². The van der Waals surface area contributed by atoms with Crippen molar-refractivity contribution in [3.8, 4) is 0 Å². The molecule has 0 N–H and O–H groups in total. The van der Waals surface area contributed by atoms with Crippen LogP contribution in [0.3, 0.4) is 0 Å². The van der Waals surface area contributed by atoms with Crippen LogP contribution in [0.25, 0.3) is 5.65 Å². The Hall–Kier alpha value is -1.95. The minimum atomic E-state index is -3.25. The van der Waals surface area contributed by atoms with E-state index in [-0.39, 0.29) is 24.7 Å². The van der Waals surface area contributed by atoms with Gasteiger partial charge in [-0.05, 0) is 0 Å². The minimum absolute atomic E-state index is 0.247. The summed E-state index contributed by atoms with van der Waals surface area (Å²) in [5.41, 5.74) is 0.754. The van der Waals surface area contributed by atoms with Crippen LogP contribution in [0.1, 0.15) is 10.5 Å². The highest BCUT2D eigenvalue weighted by molar-refractivity contribution is 7.88. The summed E-state index contributed by atoms with van der Waals surface area (Å²) in [7, 11) is -3.25. The fourth-order valence-corrected chi connectivity index (χ4v) is 4.45. The highest BCUT2D eigenvalue weighted by Crippen LogP contribution is 2.22. The molecule has 0 unspecified atom stereocenters. The molecule has 28 heavy (non-hydrogen) atoms. The highest BCUT2D eigenvalue weighted by atomic mass is 35.5. The topological polar surface area (TPSA) is 100 Å². The van der Waals surface area contributed by atoms with E-state index in [0.717, 1.165) is 5.82 Å². The molecule has 0 atom stereocenters. The average molecular weight is 429 g/mol. The number of halogens is 1. The van der Waals surface area contributed by atoms with Crippen molar-refractivity contribution >= 4 is 39.0 Å². The van der Waals surface area contributed by atoms with Crippen LogP contribution >= 0.6 is 11.6 Å². The zero-order valence-electron chi connectivity index (χ0n) is 15.4. The molecular formula is C16H21ClN6O4S. The van der Waals surface area contributed by atoms with Crippen LogP contribution in [-0.4, -0.2) is 96.9 Å². The number of anilines is 1. The second-order valence-corrected chi connectivity index (χ2v) is 9.16. The van der Waals surface area contributed by atoms with E-state index in [4.69, 9.17) is 16.3 Å². The van der Waals surface area contributed by atoms with Gasteiger partial charge in [0.05, 0.1) is 19.5 Å². The summed E-state index contributed by atoms with van der Waals surface area (Å²) >= 11 is 6.17. The molecule has 2 saturated heterocycles. The summed E-state index contributed by atoms with van der Waals surface area (Å²) in [6.07, 6.45) is 1.18. The Labute approximate surface area is 167 Å². The van der Waals surface area contributed by atoms with Gasteiger partial charge >= 0.3 is 0 Å². The summed E-state index contributed by atoms with van der Waals surface area (Å²) < 4.78 is 31.7. The zero-order valence-corrected chi connectivity index (χ0v) is 17.0. The first-order valence-corrected chi connectivity index (χ1v) is 11.2. The number of rotatable bonds is 3. The van der Waals surface area contributed by atoms with Gasteiger partial charge in [-0.1, -0.05) is 11.6 Å². The molecule has 0 bridgehead atoms. The van der Waals surface area contributed by atoms with Gasteiger partial charge in [-0.3, -0.25) is 4.79 Å². The maximum atomic E-state index is 12.9. The number of sulfonamides is 1. The van der Waals surface area contributed by atoms with E-state index < -0.39 is 10.0 Å². The molecule has 2 aliphatic heterocycles.